The molecule has 1 aliphatic heterocycles. The molecular weight excluding hydrogens is 264 g/mol. The number of benzene rings is 2. The van der Waals surface area contributed by atoms with Crippen LogP contribution in [-0.2, 0) is 11.2 Å². The summed E-state index contributed by atoms with van der Waals surface area (Å²) in [7, 11) is 0. The second-order valence-electron chi connectivity index (χ2n) is 5.20. The molecule has 3 rings (SSSR count). The Morgan fingerprint density at radius 1 is 1.00 bits per heavy atom. The number of fused-ring (bicyclic) bond motifs is 1. The van der Waals surface area contributed by atoms with Crippen molar-refractivity contribution in [3.05, 3.63) is 65.2 Å². The molecule has 0 aliphatic carbocycles. The molecule has 0 saturated carbocycles. The lowest BCUT2D eigenvalue weighted by Gasteiger charge is -2.14. The summed E-state index contributed by atoms with van der Waals surface area (Å²) in [6.07, 6.45) is 0.478. The molecule has 21 heavy (non-hydrogen) atoms. The van der Waals surface area contributed by atoms with Gasteiger partial charge in [0.1, 0.15) is 6.04 Å². The van der Waals surface area contributed by atoms with Crippen LogP contribution in [0.4, 0.5) is 5.69 Å². The van der Waals surface area contributed by atoms with Crippen molar-refractivity contribution in [3.63, 3.8) is 0 Å². The van der Waals surface area contributed by atoms with E-state index in [-0.39, 0.29) is 11.8 Å². The van der Waals surface area contributed by atoms with Crippen molar-refractivity contribution in [1.29, 1.82) is 0 Å². The Bertz CT molecular complexity index is 695. The molecule has 106 valence electrons. The smallest absolute Gasteiger partial charge is 0.254 e. The van der Waals surface area contributed by atoms with Gasteiger partial charge in [0.25, 0.3) is 5.91 Å². The quantitative estimate of drug-likeness (QED) is 0.886. The van der Waals surface area contributed by atoms with Crippen LogP contribution in [0, 0.1) is 6.92 Å². The Labute approximate surface area is 123 Å². The number of anilines is 1. The summed E-state index contributed by atoms with van der Waals surface area (Å²) in [5.74, 6) is -0.390. The van der Waals surface area contributed by atoms with E-state index in [9.17, 15) is 9.59 Å². The molecule has 2 amide bonds. The summed E-state index contributed by atoms with van der Waals surface area (Å²) in [6.45, 7) is 1.86. The number of carbonyl (C=O) groups excluding carboxylic acids is 2. The van der Waals surface area contributed by atoms with E-state index in [1.165, 1.54) is 0 Å². The first-order chi connectivity index (χ1) is 10.1. The zero-order chi connectivity index (χ0) is 14.8. The average molecular weight is 280 g/mol. The van der Waals surface area contributed by atoms with Gasteiger partial charge >= 0.3 is 0 Å². The standard InChI is InChI=1S/C17H16N2O2/c1-11-6-5-9-13-15(11)17(21)19-14(16(20)18-13)10-12-7-3-2-4-8-12/h2-9,14H,10H2,1H3,(H,18,20)(H,19,21). The summed E-state index contributed by atoms with van der Waals surface area (Å²) < 4.78 is 0. The van der Waals surface area contributed by atoms with E-state index in [2.05, 4.69) is 10.6 Å². The van der Waals surface area contributed by atoms with Crippen LogP contribution in [0.3, 0.4) is 0 Å². The van der Waals surface area contributed by atoms with Crippen molar-refractivity contribution in [2.75, 3.05) is 5.32 Å². The second kappa shape index (κ2) is 5.40. The highest BCUT2D eigenvalue weighted by atomic mass is 16.2. The predicted octanol–water partition coefficient (Wildman–Crippen LogP) is 2.29. The van der Waals surface area contributed by atoms with Gasteiger partial charge in [-0.1, -0.05) is 42.5 Å². The van der Waals surface area contributed by atoms with Crippen LogP contribution < -0.4 is 10.6 Å². The first-order valence-electron chi connectivity index (χ1n) is 6.90. The highest BCUT2D eigenvalue weighted by molar-refractivity contribution is 6.10. The molecule has 0 aromatic heterocycles. The lowest BCUT2D eigenvalue weighted by Crippen LogP contribution is -2.42. The number of hydrogen-bond acceptors (Lipinski definition) is 2. The maximum absolute atomic E-state index is 12.4. The van der Waals surface area contributed by atoms with Crippen LogP contribution >= 0.6 is 0 Å². The van der Waals surface area contributed by atoms with Crippen molar-refractivity contribution in [2.45, 2.75) is 19.4 Å². The maximum atomic E-state index is 12.4. The fourth-order valence-corrected chi connectivity index (χ4v) is 2.58. The molecule has 0 spiro atoms. The first kappa shape index (κ1) is 13.4. The van der Waals surface area contributed by atoms with Crippen LogP contribution in [0.1, 0.15) is 21.5 Å². The normalized spacial score (nSPS) is 17.5. The zero-order valence-electron chi connectivity index (χ0n) is 11.7. The third-order valence-electron chi connectivity index (χ3n) is 3.66. The molecule has 2 aromatic rings. The first-order valence-corrected chi connectivity index (χ1v) is 6.90. The molecule has 0 radical (unpaired) electrons. The molecule has 0 fully saturated rings. The lowest BCUT2D eigenvalue weighted by atomic mass is 10.1. The third kappa shape index (κ3) is 2.65. The Kier molecular flexibility index (Phi) is 3.44. The molecular formula is C17H16N2O2. The summed E-state index contributed by atoms with van der Waals surface area (Å²) >= 11 is 0. The number of carbonyl (C=O) groups is 2. The maximum Gasteiger partial charge on any atom is 0.254 e. The highest BCUT2D eigenvalue weighted by Gasteiger charge is 2.28. The van der Waals surface area contributed by atoms with E-state index < -0.39 is 6.04 Å². The highest BCUT2D eigenvalue weighted by Crippen LogP contribution is 2.22. The topological polar surface area (TPSA) is 58.2 Å². The SMILES string of the molecule is Cc1cccc2c1C(=O)NC(Cc1ccccc1)C(=O)N2. The second-order valence-corrected chi connectivity index (χ2v) is 5.20. The van der Waals surface area contributed by atoms with E-state index >= 15 is 0 Å². The zero-order valence-corrected chi connectivity index (χ0v) is 11.7. The van der Waals surface area contributed by atoms with E-state index in [0.29, 0.717) is 17.7 Å². The monoisotopic (exact) mass is 280 g/mol. The van der Waals surface area contributed by atoms with Gasteiger partial charge < -0.3 is 10.6 Å². The average Bonchev–Trinajstić information content (AvgIpc) is 2.58. The molecule has 2 N–H and O–H groups in total. The number of nitrogens with one attached hydrogen (secondary N) is 2. The van der Waals surface area contributed by atoms with Crippen LogP contribution in [0.25, 0.3) is 0 Å². The van der Waals surface area contributed by atoms with Crippen LogP contribution in [0.5, 0.6) is 0 Å². The van der Waals surface area contributed by atoms with Crippen LogP contribution in [0.2, 0.25) is 0 Å². The van der Waals surface area contributed by atoms with Gasteiger partial charge in [0, 0.05) is 6.42 Å². The minimum absolute atomic E-state index is 0.184. The molecule has 4 nitrogen and oxygen atoms in total. The van der Waals surface area contributed by atoms with Gasteiger partial charge in [-0.3, -0.25) is 9.59 Å². The molecule has 0 saturated heterocycles. The van der Waals surface area contributed by atoms with Gasteiger partial charge in [-0.2, -0.15) is 0 Å². The van der Waals surface area contributed by atoms with Gasteiger partial charge in [0.2, 0.25) is 5.91 Å². The minimum Gasteiger partial charge on any atom is -0.340 e. The Morgan fingerprint density at radius 2 is 1.76 bits per heavy atom. The molecule has 2 aromatic carbocycles. The van der Waals surface area contributed by atoms with Gasteiger partial charge in [-0.25, -0.2) is 0 Å². The summed E-state index contributed by atoms with van der Waals surface area (Å²) in [5.41, 5.74) is 2.99. The molecule has 1 unspecified atom stereocenters. The Hall–Kier alpha value is -2.62. The van der Waals surface area contributed by atoms with E-state index in [1.54, 1.807) is 6.07 Å². The van der Waals surface area contributed by atoms with E-state index in [0.717, 1.165) is 11.1 Å². The Balaban J connectivity index is 1.90. The van der Waals surface area contributed by atoms with E-state index in [4.69, 9.17) is 0 Å². The number of rotatable bonds is 2. The summed E-state index contributed by atoms with van der Waals surface area (Å²) in [4.78, 5) is 24.7. The van der Waals surface area contributed by atoms with Gasteiger partial charge in [-0.05, 0) is 24.1 Å². The fourth-order valence-electron chi connectivity index (χ4n) is 2.58. The van der Waals surface area contributed by atoms with Crippen molar-refractivity contribution in [1.82, 2.24) is 5.32 Å². The summed E-state index contributed by atoms with van der Waals surface area (Å²) in [5, 5.41) is 5.66. The number of aryl methyl sites for hydroxylation is 1. The fraction of sp³-hybridized carbons (Fsp3) is 0.176. The Morgan fingerprint density at radius 3 is 2.52 bits per heavy atom. The number of hydrogen-bond donors (Lipinski definition) is 2. The van der Waals surface area contributed by atoms with Crippen molar-refractivity contribution in [3.8, 4) is 0 Å². The van der Waals surface area contributed by atoms with Gasteiger partial charge in [0.05, 0.1) is 11.3 Å². The predicted molar refractivity (Wildman–Crippen MR) is 81.2 cm³/mol. The third-order valence-corrected chi connectivity index (χ3v) is 3.66. The van der Waals surface area contributed by atoms with Crippen LogP contribution in [0.15, 0.2) is 48.5 Å². The molecule has 1 aliphatic rings. The molecule has 1 heterocycles. The summed E-state index contributed by atoms with van der Waals surface area (Å²) in [6, 6.07) is 14.5. The van der Waals surface area contributed by atoms with Gasteiger partial charge in [-0.15, -0.1) is 0 Å². The lowest BCUT2D eigenvalue weighted by molar-refractivity contribution is -0.117. The largest absolute Gasteiger partial charge is 0.340 e. The molecule has 4 heteroatoms. The number of amides is 2. The minimum atomic E-state index is -0.563. The van der Waals surface area contributed by atoms with E-state index in [1.807, 2.05) is 49.4 Å². The van der Waals surface area contributed by atoms with Crippen molar-refractivity contribution in [2.24, 2.45) is 0 Å². The van der Waals surface area contributed by atoms with Crippen molar-refractivity contribution < 1.29 is 9.59 Å². The molecule has 0 bridgehead atoms. The molecule has 1 atom stereocenters. The van der Waals surface area contributed by atoms with Crippen molar-refractivity contribution >= 4 is 17.5 Å². The van der Waals surface area contributed by atoms with Crippen LogP contribution in [-0.4, -0.2) is 17.9 Å². The van der Waals surface area contributed by atoms with Gasteiger partial charge in [0.15, 0.2) is 0 Å².